The number of aliphatic hydroxyl groups excluding tert-OH is 2. The van der Waals surface area contributed by atoms with Crippen molar-refractivity contribution in [2.75, 3.05) is 56.1 Å². The van der Waals surface area contributed by atoms with Crippen molar-refractivity contribution < 1.29 is 20.1 Å². The lowest BCUT2D eigenvalue weighted by atomic mass is 10.3. The first kappa shape index (κ1) is 16.4. The van der Waals surface area contributed by atoms with Crippen molar-refractivity contribution in [2.45, 2.75) is 6.10 Å². The molecule has 0 saturated carbocycles. The average Bonchev–Trinajstić information content (AvgIpc) is 2.66. The minimum atomic E-state index is -0.904. The summed E-state index contributed by atoms with van der Waals surface area (Å²) in [7, 11) is 0. The highest BCUT2D eigenvalue weighted by Crippen LogP contribution is 2.16. The lowest BCUT2D eigenvalue weighted by Crippen LogP contribution is -2.36. The van der Waals surface area contributed by atoms with E-state index in [-0.39, 0.29) is 13.2 Å². The van der Waals surface area contributed by atoms with Crippen LogP contribution in [0.5, 0.6) is 0 Å². The van der Waals surface area contributed by atoms with Gasteiger partial charge in [-0.3, -0.25) is 9.69 Å². The SMILES string of the molecule is O=C(O)CN1CCN(c2cc(NCCO)ncn2)CC(O)C1. The van der Waals surface area contributed by atoms with Gasteiger partial charge in [0, 0.05) is 38.8 Å². The summed E-state index contributed by atoms with van der Waals surface area (Å²) >= 11 is 0. The van der Waals surface area contributed by atoms with Crippen LogP contribution in [0.1, 0.15) is 0 Å². The van der Waals surface area contributed by atoms with Crippen LogP contribution in [0, 0.1) is 0 Å². The number of carboxylic acid groups (broad SMARTS) is 1. The molecule has 0 spiro atoms. The fraction of sp³-hybridized carbons (Fsp3) is 0.615. The molecule has 2 rings (SSSR count). The molecule has 0 radical (unpaired) electrons. The Kier molecular flexibility index (Phi) is 5.87. The van der Waals surface area contributed by atoms with E-state index in [0.29, 0.717) is 44.4 Å². The van der Waals surface area contributed by atoms with Crippen molar-refractivity contribution in [3.8, 4) is 0 Å². The number of anilines is 2. The van der Waals surface area contributed by atoms with Gasteiger partial charge in [-0.25, -0.2) is 9.97 Å². The fourth-order valence-electron chi connectivity index (χ4n) is 2.40. The van der Waals surface area contributed by atoms with Crippen LogP contribution in [0.15, 0.2) is 12.4 Å². The van der Waals surface area contributed by atoms with Gasteiger partial charge in [-0.1, -0.05) is 0 Å². The molecule has 1 fully saturated rings. The Hall–Kier alpha value is -1.97. The van der Waals surface area contributed by atoms with Gasteiger partial charge in [-0.2, -0.15) is 0 Å². The van der Waals surface area contributed by atoms with E-state index in [1.54, 1.807) is 11.0 Å². The number of hydrogen-bond acceptors (Lipinski definition) is 8. The lowest BCUT2D eigenvalue weighted by molar-refractivity contribution is -0.138. The molecule has 1 aromatic heterocycles. The number of hydrogen-bond donors (Lipinski definition) is 4. The summed E-state index contributed by atoms with van der Waals surface area (Å²) in [6, 6.07) is 1.75. The molecule has 1 aromatic rings. The third-order valence-corrected chi connectivity index (χ3v) is 3.34. The maximum absolute atomic E-state index is 10.8. The predicted molar refractivity (Wildman–Crippen MR) is 79.9 cm³/mol. The minimum absolute atomic E-state index is 0.00587. The molecule has 0 aromatic carbocycles. The summed E-state index contributed by atoms with van der Waals surface area (Å²) in [5.74, 6) is 0.352. The minimum Gasteiger partial charge on any atom is -0.480 e. The van der Waals surface area contributed by atoms with Gasteiger partial charge in [0.15, 0.2) is 0 Å². The van der Waals surface area contributed by atoms with E-state index in [1.165, 1.54) is 6.33 Å². The zero-order chi connectivity index (χ0) is 15.9. The zero-order valence-corrected chi connectivity index (χ0v) is 12.2. The van der Waals surface area contributed by atoms with Gasteiger partial charge >= 0.3 is 5.97 Å². The van der Waals surface area contributed by atoms with Crippen molar-refractivity contribution in [2.24, 2.45) is 0 Å². The molecule has 1 aliphatic rings. The average molecular weight is 311 g/mol. The normalized spacial score (nSPS) is 19.7. The standard InChI is InChI=1S/C13H21N5O4/c19-4-1-14-11-5-12(16-9-15-11)18-3-2-17(8-13(21)22)6-10(20)7-18/h5,9-10,19-20H,1-4,6-8H2,(H,21,22)(H,14,15,16). The van der Waals surface area contributed by atoms with E-state index in [4.69, 9.17) is 10.2 Å². The van der Waals surface area contributed by atoms with Gasteiger partial charge in [0.1, 0.15) is 18.0 Å². The molecule has 0 amide bonds. The Morgan fingerprint density at radius 1 is 1.36 bits per heavy atom. The van der Waals surface area contributed by atoms with Crippen LogP contribution in [0.4, 0.5) is 11.6 Å². The molecule has 1 aliphatic heterocycles. The quantitative estimate of drug-likeness (QED) is 0.494. The molecule has 1 saturated heterocycles. The smallest absolute Gasteiger partial charge is 0.317 e. The summed E-state index contributed by atoms with van der Waals surface area (Å²) in [6.45, 7) is 2.12. The summed E-state index contributed by atoms with van der Waals surface area (Å²) < 4.78 is 0. The third kappa shape index (κ3) is 4.79. The van der Waals surface area contributed by atoms with Crippen LogP contribution in [-0.2, 0) is 4.79 Å². The Labute approximate surface area is 128 Å². The highest BCUT2D eigenvalue weighted by atomic mass is 16.4. The molecule has 4 N–H and O–H groups in total. The largest absolute Gasteiger partial charge is 0.480 e. The number of aliphatic hydroxyl groups is 2. The second-order valence-electron chi connectivity index (χ2n) is 5.14. The van der Waals surface area contributed by atoms with Gasteiger partial charge in [-0.05, 0) is 0 Å². The maximum Gasteiger partial charge on any atom is 0.317 e. The van der Waals surface area contributed by atoms with E-state index in [1.807, 2.05) is 4.90 Å². The molecular weight excluding hydrogens is 290 g/mol. The highest BCUT2D eigenvalue weighted by molar-refractivity contribution is 5.69. The number of nitrogens with one attached hydrogen (secondary N) is 1. The van der Waals surface area contributed by atoms with Gasteiger partial charge in [-0.15, -0.1) is 0 Å². The van der Waals surface area contributed by atoms with E-state index in [2.05, 4.69) is 15.3 Å². The predicted octanol–water partition coefficient (Wildman–Crippen LogP) is -1.55. The van der Waals surface area contributed by atoms with Crippen molar-refractivity contribution in [1.82, 2.24) is 14.9 Å². The van der Waals surface area contributed by atoms with Gasteiger partial charge < -0.3 is 25.5 Å². The summed E-state index contributed by atoms with van der Waals surface area (Å²) in [6.07, 6.45) is 0.770. The van der Waals surface area contributed by atoms with Crippen LogP contribution >= 0.6 is 0 Å². The highest BCUT2D eigenvalue weighted by Gasteiger charge is 2.23. The van der Waals surface area contributed by atoms with Crippen LogP contribution < -0.4 is 10.2 Å². The molecule has 1 unspecified atom stereocenters. The van der Waals surface area contributed by atoms with E-state index >= 15 is 0 Å². The molecule has 22 heavy (non-hydrogen) atoms. The number of carboxylic acids is 1. The fourth-order valence-corrected chi connectivity index (χ4v) is 2.40. The Balaban J connectivity index is 2.03. The molecule has 0 aliphatic carbocycles. The molecule has 122 valence electrons. The van der Waals surface area contributed by atoms with Crippen molar-refractivity contribution >= 4 is 17.6 Å². The topological polar surface area (TPSA) is 122 Å². The number of aliphatic carboxylic acids is 1. The Morgan fingerprint density at radius 2 is 2.18 bits per heavy atom. The van der Waals surface area contributed by atoms with E-state index < -0.39 is 12.1 Å². The van der Waals surface area contributed by atoms with E-state index in [0.717, 1.165) is 0 Å². The molecule has 2 heterocycles. The molecule has 9 nitrogen and oxygen atoms in total. The van der Waals surface area contributed by atoms with Crippen molar-refractivity contribution in [3.05, 3.63) is 12.4 Å². The molecule has 0 bridgehead atoms. The first-order valence-corrected chi connectivity index (χ1v) is 7.12. The molecule has 9 heteroatoms. The summed E-state index contributed by atoms with van der Waals surface area (Å²) in [5.41, 5.74) is 0. The van der Waals surface area contributed by atoms with Gasteiger partial charge in [0.2, 0.25) is 0 Å². The van der Waals surface area contributed by atoms with Gasteiger partial charge in [0.25, 0.3) is 0 Å². The molecular formula is C13H21N5O4. The maximum atomic E-state index is 10.8. The number of nitrogens with zero attached hydrogens (tertiary/aromatic N) is 4. The Bertz CT molecular complexity index is 501. The van der Waals surface area contributed by atoms with Crippen LogP contribution in [0.3, 0.4) is 0 Å². The summed E-state index contributed by atoms with van der Waals surface area (Å²) in [5, 5.41) is 30.7. The number of carbonyl (C=O) groups is 1. The zero-order valence-electron chi connectivity index (χ0n) is 12.2. The van der Waals surface area contributed by atoms with Crippen molar-refractivity contribution in [1.29, 1.82) is 0 Å². The van der Waals surface area contributed by atoms with Crippen LogP contribution in [0.25, 0.3) is 0 Å². The monoisotopic (exact) mass is 311 g/mol. The Morgan fingerprint density at radius 3 is 2.91 bits per heavy atom. The van der Waals surface area contributed by atoms with E-state index in [9.17, 15) is 9.90 Å². The lowest BCUT2D eigenvalue weighted by Gasteiger charge is -2.23. The second-order valence-corrected chi connectivity index (χ2v) is 5.14. The van der Waals surface area contributed by atoms with Gasteiger partial charge in [0.05, 0.1) is 19.3 Å². The first-order chi connectivity index (χ1) is 10.6. The summed E-state index contributed by atoms with van der Waals surface area (Å²) in [4.78, 5) is 22.7. The number of aromatic nitrogens is 2. The van der Waals surface area contributed by atoms with Crippen molar-refractivity contribution in [3.63, 3.8) is 0 Å². The van der Waals surface area contributed by atoms with Crippen LogP contribution in [0.2, 0.25) is 0 Å². The number of rotatable bonds is 6. The third-order valence-electron chi connectivity index (χ3n) is 3.34. The van der Waals surface area contributed by atoms with Crippen LogP contribution in [-0.4, -0.2) is 88.1 Å². The first-order valence-electron chi connectivity index (χ1n) is 7.12. The molecule has 1 atom stereocenters. The second kappa shape index (κ2) is 7.87. The number of β-amino-alcohol motifs (C(OH)–C–C–N with tert-alkyl or cyclic N) is 1.